The van der Waals surface area contributed by atoms with Crippen LogP contribution in [-0.2, 0) is 0 Å². The molecule has 94 valence electrons. The van der Waals surface area contributed by atoms with Crippen LogP contribution in [0.4, 0.5) is 11.8 Å². The first kappa shape index (κ1) is 12.1. The van der Waals surface area contributed by atoms with Gasteiger partial charge in [-0.1, -0.05) is 6.92 Å². The van der Waals surface area contributed by atoms with Crippen molar-refractivity contribution in [2.45, 2.75) is 6.92 Å². The lowest BCUT2D eigenvalue weighted by Crippen LogP contribution is -2.46. The van der Waals surface area contributed by atoms with E-state index < -0.39 is 0 Å². The van der Waals surface area contributed by atoms with Gasteiger partial charge in [-0.3, -0.25) is 0 Å². The van der Waals surface area contributed by atoms with Crippen LogP contribution < -0.4 is 9.80 Å². The van der Waals surface area contributed by atoms with Gasteiger partial charge in [-0.2, -0.15) is 4.98 Å². The van der Waals surface area contributed by atoms with E-state index in [1.807, 2.05) is 31.3 Å². The van der Waals surface area contributed by atoms with E-state index in [9.17, 15) is 0 Å². The number of rotatable bonds is 3. The predicted molar refractivity (Wildman–Crippen MR) is 70.7 cm³/mol. The van der Waals surface area contributed by atoms with Gasteiger partial charge in [0.05, 0.1) is 0 Å². The number of nitrogens with zero attached hydrogens (tertiary/aromatic N) is 5. The molecule has 0 bridgehead atoms. The zero-order chi connectivity index (χ0) is 12.3. The maximum atomic E-state index is 4.57. The third-order valence-electron chi connectivity index (χ3n) is 3.19. The van der Waals surface area contributed by atoms with Gasteiger partial charge in [0.1, 0.15) is 5.82 Å². The fraction of sp³-hybridized carbons (Fsp3) is 0.667. The summed E-state index contributed by atoms with van der Waals surface area (Å²) in [6, 6.07) is 1.94. The maximum Gasteiger partial charge on any atom is 0.227 e. The molecule has 1 aromatic heterocycles. The Kier molecular flexibility index (Phi) is 3.78. The molecular formula is C12H21N5. The van der Waals surface area contributed by atoms with E-state index in [0.717, 1.165) is 44.5 Å². The van der Waals surface area contributed by atoms with Gasteiger partial charge in [0, 0.05) is 46.5 Å². The van der Waals surface area contributed by atoms with Crippen LogP contribution in [0, 0.1) is 0 Å². The van der Waals surface area contributed by atoms with Crippen LogP contribution in [0.3, 0.4) is 0 Å². The number of aromatic nitrogens is 2. The van der Waals surface area contributed by atoms with Crippen molar-refractivity contribution in [1.29, 1.82) is 0 Å². The lowest BCUT2D eigenvalue weighted by molar-refractivity contribution is 0.270. The number of hydrogen-bond acceptors (Lipinski definition) is 5. The Morgan fingerprint density at radius 3 is 2.53 bits per heavy atom. The van der Waals surface area contributed by atoms with E-state index in [-0.39, 0.29) is 0 Å². The number of likely N-dealkylation sites (N-methyl/N-ethyl adjacent to an activating group) is 1. The Balaban J connectivity index is 2.05. The minimum absolute atomic E-state index is 0.854. The van der Waals surface area contributed by atoms with Crippen molar-refractivity contribution in [3.8, 4) is 0 Å². The summed E-state index contributed by atoms with van der Waals surface area (Å²) < 4.78 is 0. The summed E-state index contributed by atoms with van der Waals surface area (Å²) in [6.07, 6.45) is 1.84. The third kappa shape index (κ3) is 2.85. The van der Waals surface area contributed by atoms with Crippen LogP contribution in [-0.4, -0.2) is 61.7 Å². The van der Waals surface area contributed by atoms with Crippen LogP contribution in [0.1, 0.15) is 6.92 Å². The molecule has 0 saturated carbocycles. The zero-order valence-corrected chi connectivity index (χ0v) is 10.9. The van der Waals surface area contributed by atoms with Crippen LogP contribution in [0.25, 0.3) is 0 Å². The largest absolute Gasteiger partial charge is 0.363 e. The molecule has 2 heterocycles. The van der Waals surface area contributed by atoms with Crippen LogP contribution in [0.5, 0.6) is 0 Å². The Labute approximate surface area is 103 Å². The normalized spacial score (nSPS) is 17.2. The third-order valence-corrected chi connectivity index (χ3v) is 3.19. The van der Waals surface area contributed by atoms with Crippen LogP contribution in [0.15, 0.2) is 12.3 Å². The molecule has 1 fully saturated rings. The van der Waals surface area contributed by atoms with Gasteiger partial charge >= 0.3 is 0 Å². The summed E-state index contributed by atoms with van der Waals surface area (Å²) in [5, 5.41) is 0. The smallest absolute Gasteiger partial charge is 0.227 e. The highest BCUT2D eigenvalue weighted by atomic mass is 15.3. The lowest BCUT2D eigenvalue weighted by atomic mass is 10.3. The monoisotopic (exact) mass is 235 g/mol. The van der Waals surface area contributed by atoms with Crippen molar-refractivity contribution in [2.75, 3.05) is 56.6 Å². The van der Waals surface area contributed by atoms with E-state index in [4.69, 9.17) is 0 Å². The summed E-state index contributed by atoms with van der Waals surface area (Å²) >= 11 is 0. The molecule has 1 saturated heterocycles. The quantitative estimate of drug-likeness (QED) is 0.770. The van der Waals surface area contributed by atoms with Crippen LogP contribution in [0.2, 0.25) is 0 Å². The minimum Gasteiger partial charge on any atom is -0.363 e. The van der Waals surface area contributed by atoms with Crippen molar-refractivity contribution < 1.29 is 0 Å². The van der Waals surface area contributed by atoms with Gasteiger partial charge in [-0.05, 0) is 12.6 Å². The Morgan fingerprint density at radius 1 is 1.24 bits per heavy atom. The highest BCUT2D eigenvalue weighted by Gasteiger charge is 2.17. The summed E-state index contributed by atoms with van der Waals surface area (Å²) in [6.45, 7) is 7.58. The molecule has 0 unspecified atom stereocenters. The van der Waals surface area contributed by atoms with Gasteiger partial charge in [-0.15, -0.1) is 0 Å². The van der Waals surface area contributed by atoms with E-state index in [2.05, 4.69) is 26.7 Å². The van der Waals surface area contributed by atoms with Gasteiger partial charge in [-0.25, -0.2) is 4.98 Å². The fourth-order valence-electron chi connectivity index (χ4n) is 2.00. The molecule has 17 heavy (non-hydrogen) atoms. The SMILES string of the molecule is CCN1CCN(c2nccc(N(C)C)n2)CC1. The molecule has 0 aliphatic carbocycles. The fourth-order valence-corrected chi connectivity index (χ4v) is 2.00. The Morgan fingerprint density at radius 2 is 1.94 bits per heavy atom. The van der Waals surface area contributed by atoms with Crippen LogP contribution >= 0.6 is 0 Å². The molecule has 0 spiro atoms. The van der Waals surface area contributed by atoms with Gasteiger partial charge in [0.15, 0.2) is 0 Å². The molecule has 0 atom stereocenters. The highest BCUT2D eigenvalue weighted by Crippen LogP contribution is 2.14. The second-order valence-electron chi connectivity index (χ2n) is 4.53. The maximum absolute atomic E-state index is 4.57. The first-order chi connectivity index (χ1) is 8.20. The Hall–Kier alpha value is -1.36. The molecule has 0 N–H and O–H groups in total. The first-order valence-electron chi connectivity index (χ1n) is 6.18. The zero-order valence-electron chi connectivity index (χ0n) is 10.9. The predicted octanol–water partition coefficient (Wildman–Crippen LogP) is 0.684. The van der Waals surface area contributed by atoms with E-state index in [1.165, 1.54) is 0 Å². The standard InChI is InChI=1S/C12H21N5/c1-4-16-7-9-17(10-8-16)12-13-6-5-11(14-12)15(2)3/h5-6H,4,7-10H2,1-3H3. The van der Waals surface area contributed by atoms with Gasteiger partial charge in [0.25, 0.3) is 0 Å². The second kappa shape index (κ2) is 5.31. The van der Waals surface area contributed by atoms with Crippen molar-refractivity contribution >= 4 is 11.8 Å². The average molecular weight is 235 g/mol. The molecule has 0 aromatic carbocycles. The Bertz CT molecular complexity index is 358. The highest BCUT2D eigenvalue weighted by molar-refractivity contribution is 5.42. The van der Waals surface area contributed by atoms with Crippen molar-refractivity contribution in [3.63, 3.8) is 0 Å². The number of piperazine rings is 1. The average Bonchev–Trinajstić information content (AvgIpc) is 2.39. The molecule has 5 heteroatoms. The van der Waals surface area contributed by atoms with Gasteiger partial charge < -0.3 is 14.7 Å². The molecule has 5 nitrogen and oxygen atoms in total. The van der Waals surface area contributed by atoms with Crippen molar-refractivity contribution in [2.24, 2.45) is 0 Å². The molecule has 1 aliphatic heterocycles. The van der Waals surface area contributed by atoms with Crippen molar-refractivity contribution in [3.05, 3.63) is 12.3 Å². The summed E-state index contributed by atoms with van der Waals surface area (Å²) in [4.78, 5) is 15.7. The van der Waals surface area contributed by atoms with Gasteiger partial charge in [0.2, 0.25) is 5.95 Å². The van der Waals surface area contributed by atoms with Crippen molar-refractivity contribution in [1.82, 2.24) is 14.9 Å². The molecule has 0 amide bonds. The summed E-state index contributed by atoms with van der Waals surface area (Å²) in [5.74, 6) is 1.82. The molecule has 0 radical (unpaired) electrons. The summed E-state index contributed by atoms with van der Waals surface area (Å²) in [7, 11) is 4.00. The van der Waals surface area contributed by atoms with E-state index >= 15 is 0 Å². The molecule has 2 rings (SSSR count). The second-order valence-corrected chi connectivity index (χ2v) is 4.53. The minimum atomic E-state index is 0.854. The lowest BCUT2D eigenvalue weighted by Gasteiger charge is -2.34. The molecule has 1 aliphatic rings. The number of anilines is 2. The summed E-state index contributed by atoms with van der Waals surface area (Å²) in [5.41, 5.74) is 0. The molecular weight excluding hydrogens is 214 g/mol. The topological polar surface area (TPSA) is 35.5 Å². The first-order valence-corrected chi connectivity index (χ1v) is 6.18. The number of hydrogen-bond donors (Lipinski definition) is 0. The van der Waals surface area contributed by atoms with E-state index in [0.29, 0.717) is 0 Å². The molecule has 1 aromatic rings. The van der Waals surface area contributed by atoms with E-state index in [1.54, 1.807) is 0 Å².